The van der Waals surface area contributed by atoms with Gasteiger partial charge in [0.05, 0.1) is 12.6 Å². The monoisotopic (exact) mass is 375 g/mol. The fourth-order valence-corrected chi connectivity index (χ4v) is 3.51. The summed E-state index contributed by atoms with van der Waals surface area (Å²) in [6, 6.07) is 4.74. The van der Waals surface area contributed by atoms with Crippen LogP contribution in [-0.2, 0) is 9.59 Å². The normalized spacial score (nSPS) is 19.7. The summed E-state index contributed by atoms with van der Waals surface area (Å²) in [4.78, 5) is 39.9. The van der Waals surface area contributed by atoms with Gasteiger partial charge in [-0.25, -0.2) is 0 Å². The third-order valence-electron chi connectivity index (χ3n) is 5.21. The molecule has 27 heavy (non-hydrogen) atoms. The predicted molar refractivity (Wildman–Crippen MR) is 103 cm³/mol. The van der Waals surface area contributed by atoms with E-state index in [1.165, 1.54) is 0 Å². The number of nitrogens with one attached hydrogen (secondary N) is 1. The van der Waals surface area contributed by atoms with E-state index < -0.39 is 12.0 Å². The Morgan fingerprint density at radius 2 is 1.85 bits per heavy atom. The zero-order valence-electron chi connectivity index (χ0n) is 16.5. The number of aliphatic carboxylic acids is 1. The van der Waals surface area contributed by atoms with Crippen molar-refractivity contribution in [3.8, 4) is 0 Å². The number of carbonyl (C=O) groups is 3. The molecule has 1 aromatic rings. The molecular weight excluding hydrogens is 346 g/mol. The number of likely N-dealkylation sites (tertiary alicyclic amines) is 1. The van der Waals surface area contributed by atoms with Crippen LogP contribution in [-0.4, -0.2) is 71.0 Å². The first kappa shape index (κ1) is 20.9. The van der Waals surface area contributed by atoms with Gasteiger partial charge in [-0.3, -0.25) is 19.3 Å². The van der Waals surface area contributed by atoms with E-state index in [2.05, 4.69) is 5.32 Å². The van der Waals surface area contributed by atoms with Crippen LogP contribution in [0.5, 0.6) is 0 Å². The maximum absolute atomic E-state index is 12.8. The molecule has 2 atom stereocenters. The van der Waals surface area contributed by atoms with Crippen molar-refractivity contribution in [2.24, 2.45) is 0 Å². The van der Waals surface area contributed by atoms with Crippen LogP contribution in [0.2, 0.25) is 0 Å². The molecule has 1 heterocycles. The van der Waals surface area contributed by atoms with Crippen LogP contribution in [0.15, 0.2) is 18.2 Å². The summed E-state index contributed by atoms with van der Waals surface area (Å²) >= 11 is 0. The molecule has 0 aliphatic carbocycles. The lowest BCUT2D eigenvalue weighted by Gasteiger charge is -2.27. The molecule has 7 heteroatoms. The summed E-state index contributed by atoms with van der Waals surface area (Å²) in [5.74, 6) is -1.26. The summed E-state index contributed by atoms with van der Waals surface area (Å²) in [6.45, 7) is 9.02. The summed E-state index contributed by atoms with van der Waals surface area (Å²) in [7, 11) is 0. The summed E-state index contributed by atoms with van der Waals surface area (Å²) < 4.78 is 0. The van der Waals surface area contributed by atoms with Crippen LogP contribution in [0.3, 0.4) is 0 Å². The van der Waals surface area contributed by atoms with E-state index in [4.69, 9.17) is 0 Å². The summed E-state index contributed by atoms with van der Waals surface area (Å²) in [6.07, 6.45) is 0.416. The number of hydrogen-bond donors (Lipinski definition) is 2. The van der Waals surface area contributed by atoms with Gasteiger partial charge in [0.25, 0.3) is 5.91 Å². The smallest absolute Gasteiger partial charge is 0.317 e. The average Bonchev–Trinajstić information content (AvgIpc) is 2.99. The third-order valence-corrected chi connectivity index (χ3v) is 5.21. The van der Waals surface area contributed by atoms with Crippen molar-refractivity contribution in [3.05, 3.63) is 34.9 Å². The Morgan fingerprint density at radius 1 is 1.19 bits per heavy atom. The van der Waals surface area contributed by atoms with E-state index in [-0.39, 0.29) is 24.4 Å². The number of likely N-dealkylation sites (N-methyl/N-ethyl adjacent to an activating group) is 1. The van der Waals surface area contributed by atoms with Crippen LogP contribution < -0.4 is 5.32 Å². The highest BCUT2D eigenvalue weighted by Crippen LogP contribution is 2.21. The first-order chi connectivity index (χ1) is 12.8. The zero-order chi connectivity index (χ0) is 20.1. The van der Waals surface area contributed by atoms with Crippen molar-refractivity contribution >= 4 is 17.8 Å². The molecule has 0 radical (unpaired) electrons. The van der Waals surface area contributed by atoms with E-state index >= 15 is 0 Å². The first-order valence-corrected chi connectivity index (χ1v) is 9.39. The predicted octanol–water partition coefficient (Wildman–Crippen LogP) is 1.43. The second-order valence-electron chi connectivity index (χ2n) is 7.05. The quantitative estimate of drug-likeness (QED) is 0.752. The number of carbonyl (C=O) groups excluding carboxylic acids is 2. The van der Waals surface area contributed by atoms with E-state index in [1.54, 1.807) is 15.9 Å². The van der Waals surface area contributed by atoms with Crippen molar-refractivity contribution in [3.63, 3.8) is 0 Å². The topological polar surface area (TPSA) is 90.0 Å². The van der Waals surface area contributed by atoms with Crippen molar-refractivity contribution in [1.29, 1.82) is 0 Å². The van der Waals surface area contributed by atoms with Crippen molar-refractivity contribution in [2.45, 2.75) is 46.2 Å². The molecule has 0 saturated carbocycles. The van der Waals surface area contributed by atoms with E-state index in [1.807, 2.05) is 39.8 Å². The summed E-state index contributed by atoms with van der Waals surface area (Å²) in [5.41, 5.74) is 2.72. The molecule has 7 nitrogen and oxygen atoms in total. The number of aryl methyl sites for hydroxylation is 2. The van der Waals surface area contributed by atoms with E-state index in [0.717, 1.165) is 11.1 Å². The maximum Gasteiger partial charge on any atom is 0.317 e. The van der Waals surface area contributed by atoms with Gasteiger partial charge < -0.3 is 15.3 Å². The van der Waals surface area contributed by atoms with Gasteiger partial charge in [-0.1, -0.05) is 6.07 Å². The molecule has 0 spiro atoms. The molecule has 148 valence electrons. The summed E-state index contributed by atoms with van der Waals surface area (Å²) in [5, 5.41) is 12.1. The van der Waals surface area contributed by atoms with Gasteiger partial charge in [-0.15, -0.1) is 0 Å². The lowest BCUT2D eigenvalue weighted by molar-refractivity contribution is -0.141. The maximum atomic E-state index is 12.8. The molecule has 0 unspecified atom stereocenters. The lowest BCUT2D eigenvalue weighted by Crippen LogP contribution is -2.47. The molecule has 1 saturated heterocycles. The Labute approximate surface area is 160 Å². The molecule has 2 N–H and O–H groups in total. The lowest BCUT2D eigenvalue weighted by atomic mass is 10.1. The average molecular weight is 375 g/mol. The second kappa shape index (κ2) is 8.99. The Bertz CT molecular complexity index is 715. The molecule has 1 fully saturated rings. The Kier molecular flexibility index (Phi) is 6.96. The SMILES string of the molecule is CCN(CC)C(=O)[C@@H]1C[C@H](NC(=O)c2ccc(C)c(C)c2)CN1CC(=O)O. The van der Waals surface area contributed by atoms with Crippen molar-refractivity contribution in [1.82, 2.24) is 15.1 Å². The van der Waals surface area contributed by atoms with Gasteiger partial charge in [0.15, 0.2) is 0 Å². The van der Waals surface area contributed by atoms with Gasteiger partial charge in [-0.2, -0.15) is 0 Å². The number of benzene rings is 1. The fourth-order valence-electron chi connectivity index (χ4n) is 3.51. The first-order valence-electron chi connectivity index (χ1n) is 9.39. The van der Waals surface area contributed by atoms with Crippen LogP contribution in [0.4, 0.5) is 0 Å². The highest BCUT2D eigenvalue weighted by atomic mass is 16.4. The largest absolute Gasteiger partial charge is 0.480 e. The minimum Gasteiger partial charge on any atom is -0.480 e. The molecule has 0 bridgehead atoms. The van der Waals surface area contributed by atoms with Crippen molar-refractivity contribution in [2.75, 3.05) is 26.2 Å². The minimum atomic E-state index is -0.978. The Balaban J connectivity index is 2.11. The van der Waals surface area contributed by atoms with Gasteiger partial charge in [0.2, 0.25) is 5.91 Å². The van der Waals surface area contributed by atoms with Crippen LogP contribution in [0.1, 0.15) is 41.8 Å². The molecule has 0 aromatic heterocycles. The third kappa shape index (κ3) is 5.07. The van der Waals surface area contributed by atoms with Crippen LogP contribution >= 0.6 is 0 Å². The zero-order valence-corrected chi connectivity index (χ0v) is 16.5. The van der Waals surface area contributed by atoms with E-state index in [0.29, 0.717) is 31.6 Å². The van der Waals surface area contributed by atoms with Gasteiger partial charge in [-0.05, 0) is 57.4 Å². The van der Waals surface area contributed by atoms with E-state index in [9.17, 15) is 19.5 Å². The number of amides is 2. The van der Waals surface area contributed by atoms with Crippen molar-refractivity contribution < 1.29 is 19.5 Å². The fraction of sp³-hybridized carbons (Fsp3) is 0.550. The van der Waals surface area contributed by atoms with Crippen LogP contribution in [0, 0.1) is 13.8 Å². The minimum absolute atomic E-state index is 0.0795. The Hall–Kier alpha value is -2.41. The molecular formula is C20H29N3O4. The van der Waals surface area contributed by atoms with Gasteiger partial charge in [0, 0.05) is 31.2 Å². The molecule has 1 aromatic carbocycles. The molecule has 2 amide bonds. The number of carboxylic acids is 1. The standard InChI is InChI=1S/C20H29N3O4/c1-5-22(6-2)20(27)17-10-16(11-23(17)12-18(24)25)21-19(26)15-8-7-13(3)14(4)9-15/h7-9,16-17H,5-6,10-12H2,1-4H3,(H,21,26)(H,24,25)/t16-,17-/m0/s1. The molecule has 1 aliphatic rings. The van der Waals surface area contributed by atoms with Gasteiger partial charge >= 0.3 is 5.97 Å². The number of hydrogen-bond acceptors (Lipinski definition) is 4. The molecule has 2 rings (SSSR count). The highest BCUT2D eigenvalue weighted by molar-refractivity contribution is 5.95. The molecule has 1 aliphatic heterocycles. The van der Waals surface area contributed by atoms with Gasteiger partial charge in [0.1, 0.15) is 0 Å². The van der Waals surface area contributed by atoms with Crippen LogP contribution in [0.25, 0.3) is 0 Å². The Morgan fingerprint density at radius 3 is 2.41 bits per heavy atom. The number of nitrogens with zero attached hydrogens (tertiary/aromatic N) is 2. The highest BCUT2D eigenvalue weighted by Gasteiger charge is 2.39. The number of carboxylic acid groups (broad SMARTS) is 1. The second-order valence-corrected chi connectivity index (χ2v) is 7.05. The number of rotatable bonds is 7.